The Labute approximate surface area is 155 Å². The van der Waals surface area contributed by atoms with Crippen molar-refractivity contribution in [3.8, 4) is 22.8 Å². The molecule has 3 aromatic rings. The molecule has 0 amide bonds. The minimum Gasteiger partial charge on any atom is -0.496 e. The molecule has 2 aromatic carbocycles. The number of hydrogen-bond donors (Lipinski definition) is 2. The van der Waals surface area contributed by atoms with Gasteiger partial charge >= 0.3 is 0 Å². The quantitative estimate of drug-likeness (QED) is 0.675. The maximum atomic E-state index is 13.7. The van der Waals surface area contributed by atoms with E-state index in [1.807, 2.05) is 18.2 Å². The number of anilines is 3. The molecule has 0 aliphatic carbocycles. The predicted molar refractivity (Wildman–Crippen MR) is 99.8 cm³/mol. The van der Waals surface area contributed by atoms with Crippen LogP contribution < -0.4 is 20.1 Å². The van der Waals surface area contributed by atoms with Crippen LogP contribution in [0.5, 0.6) is 11.5 Å². The Bertz CT molecular complexity index is 966. The van der Waals surface area contributed by atoms with Gasteiger partial charge in [0.05, 0.1) is 25.6 Å². The fraction of sp³-hybridized carbons (Fsp3) is 0.158. The van der Waals surface area contributed by atoms with Crippen molar-refractivity contribution in [2.24, 2.45) is 0 Å². The van der Waals surface area contributed by atoms with E-state index in [2.05, 4.69) is 20.6 Å². The van der Waals surface area contributed by atoms with Gasteiger partial charge in [-0.15, -0.1) is 0 Å². The number of ether oxygens (including phenoxy) is 2. The van der Waals surface area contributed by atoms with Gasteiger partial charge in [-0.05, 0) is 24.3 Å². The number of nitrogens with one attached hydrogen (secondary N) is 2. The molecule has 0 atom stereocenters. The number of aromatic nitrogens is 2. The largest absolute Gasteiger partial charge is 0.496 e. The lowest BCUT2D eigenvalue weighted by Crippen LogP contribution is -1.99. The highest BCUT2D eigenvalue weighted by Crippen LogP contribution is 2.33. The molecule has 1 heterocycles. The van der Waals surface area contributed by atoms with Gasteiger partial charge < -0.3 is 20.1 Å². The molecule has 0 radical (unpaired) electrons. The molecule has 0 unspecified atom stereocenters. The zero-order chi connectivity index (χ0) is 19.4. The zero-order valence-electron chi connectivity index (χ0n) is 15.0. The average molecular weight is 372 g/mol. The van der Waals surface area contributed by atoms with Crippen LogP contribution in [0.15, 0.2) is 42.7 Å². The van der Waals surface area contributed by atoms with Gasteiger partial charge in [-0.2, -0.15) is 0 Å². The summed E-state index contributed by atoms with van der Waals surface area (Å²) in [6.07, 6.45) is 1.33. The molecule has 6 nitrogen and oxygen atoms in total. The molecule has 0 spiro atoms. The topological polar surface area (TPSA) is 68.3 Å². The van der Waals surface area contributed by atoms with E-state index >= 15 is 0 Å². The molecule has 8 heteroatoms. The van der Waals surface area contributed by atoms with Crippen LogP contribution in [0.4, 0.5) is 26.0 Å². The smallest absolute Gasteiger partial charge is 0.162 e. The maximum absolute atomic E-state index is 13.7. The van der Waals surface area contributed by atoms with Gasteiger partial charge in [0, 0.05) is 30.4 Å². The molecular formula is C19H18F2N4O2. The lowest BCUT2D eigenvalue weighted by atomic mass is 10.1. The molecular weight excluding hydrogens is 354 g/mol. The molecule has 140 valence electrons. The lowest BCUT2D eigenvalue weighted by molar-refractivity contribution is 0.408. The third kappa shape index (κ3) is 3.89. The van der Waals surface area contributed by atoms with Crippen molar-refractivity contribution in [3.05, 3.63) is 54.4 Å². The van der Waals surface area contributed by atoms with Gasteiger partial charge in [0.1, 0.15) is 23.6 Å². The van der Waals surface area contributed by atoms with Crippen LogP contribution >= 0.6 is 0 Å². The maximum Gasteiger partial charge on any atom is 0.162 e. The van der Waals surface area contributed by atoms with Gasteiger partial charge in [-0.25, -0.2) is 18.7 Å². The predicted octanol–water partition coefficient (Wildman–Crippen LogP) is 4.22. The van der Waals surface area contributed by atoms with Gasteiger partial charge in [0.15, 0.2) is 11.6 Å². The Balaban J connectivity index is 1.94. The SMILES string of the molecule is CNc1cc(Nc2cc(-c3cc(F)c(F)cc3OC)ncn2)ccc1OC. The highest BCUT2D eigenvalue weighted by atomic mass is 19.2. The fourth-order valence-corrected chi connectivity index (χ4v) is 2.60. The Hall–Kier alpha value is -3.42. The van der Waals surface area contributed by atoms with E-state index in [9.17, 15) is 8.78 Å². The van der Waals surface area contributed by atoms with Gasteiger partial charge in [-0.3, -0.25) is 0 Å². The molecule has 0 aliphatic rings. The Kier molecular flexibility index (Phi) is 5.35. The third-order valence-corrected chi connectivity index (χ3v) is 3.93. The first-order valence-corrected chi connectivity index (χ1v) is 8.04. The summed E-state index contributed by atoms with van der Waals surface area (Å²) in [5.41, 5.74) is 2.29. The standard InChI is InChI=1S/C19H18F2N4O2/c1-22-16-6-11(4-5-17(16)26-2)25-19-9-15(23-10-24-19)12-7-13(20)14(21)8-18(12)27-3/h4-10,22H,1-3H3,(H,23,24,25). The first-order valence-electron chi connectivity index (χ1n) is 8.04. The fourth-order valence-electron chi connectivity index (χ4n) is 2.60. The van der Waals surface area contributed by atoms with E-state index in [1.165, 1.54) is 13.4 Å². The van der Waals surface area contributed by atoms with E-state index < -0.39 is 11.6 Å². The summed E-state index contributed by atoms with van der Waals surface area (Å²) in [6, 6.07) is 9.17. The summed E-state index contributed by atoms with van der Waals surface area (Å²) in [6.45, 7) is 0. The van der Waals surface area contributed by atoms with Crippen molar-refractivity contribution >= 4 is 17.2 Å². The first-order chi connectivity index (χ1) is 13.0. The van der Waals surface area contributed by atoms with Crippen LogP contribution in [0, 0.1) is 11.6 Å². The molecule has 0 fully saturated rings. The van der Waals surface area contributed by atoms with Crippen molar-refractivity contribution in [1.29, 1.82) is 0 Å². The summed E-state index contributed by atoms with van der Waals surface area (Å²) in [4.78, 5) is 8.31. The summed E-state index contributed by atoms with van der Waals surface area (Å²) in [5.74, 6) is -0.592. The van der Waals surface area contributed by atoms with Crippen molar-refractivity contribution in [3.63, 3.8) is 0 Å². The van der Waals surface area contributed by atoms with Crippen molar-refractivity contribution in [2.45, 2.75) is 0 Å². The highest BCUT2D eigenvalue weighted by molar-refractivity contribution is 5.72. The van der Waals surface area contributed by atoms with E-state index in [4.69, 9.17) is 9.47 Å². The molecule has 2 N–H and O–H groups in total. The Morgan fingerprint density at radius 1 is 0.889 bits per heavy atom. The second-order valence-corrected chi connectivity index (χ2v) is 5.55. The van der Waals surface area contributed by atoms with Crippen LogP contribution in [0.25, 0.3) is 11.3 Å². The number of benzene rings is 2. The molecule has 27 heavy (non-hydrogen) atoms. The molecule has 1 aromatic heterocycles. The van der Waals surface area contributed by atoms with E-state index in [0.717, 1.165) is 23.5 Å². The monoisotopic (exact) mass is 372 g/mol. The second kappa shape index (κ2) is 7.86. The van der Waals surface area contributed by atoms with Gasteiger partial charge in [0.2, 0.25) is 0 Å². The highest BCUT2D eigenvalue weighted by Gasteiger charge is 2.14. The van der Waals surface area contributed by atoms with Crippen molar-refractivity contribution in [1.82, 2.24) is 9.97 Å². The summed E-state index contributed by atoms with van der Waals surface area (Å²) in [5, 5.41) is 6.19. The van der Waals surface area contributed by atoms with Crippen LogP contribution in [0.3, 0.4) is 0 Å². The zero-order valence-corrected chi connectivity index (χ0v) is 15.0. The van der Waals surface area contributed by atoms with Crippen LogP contribution in [0.2, 0.25) is 0 Å². The summed E-state index contributed by atoms with van der Waals surface area (Å²) < 4.78 is 37.5. The lowest BCUT2D eigenvalue weighted by Gasteiger charge is -2.12. The van der Waals surface area contributed by atoms with E-state index in [-0.39, 0.29) is 5.75 Å². The number of nitrogens with zero attached hydrogens (tertiary/aromatic N) is 2. The number of methoxy groups -OCH3 is 2. The second-order valence-electron chi connectivity index (χ2n) is 5.55. The molecule has 3 rings (SSSR count). The molecule has 0 aliphatic heterocycles. The van der Waals surface area contributed by atoms with Crippen molar-refractivity contribution in [2.75, 3.05) is 31.9 Å². The van der Waals surface area contributed by atoms with Crippen LogP contribution in [-0.4, -0.2) is 31.2 Å². The number of hydrogen-bond acceptors (Lipinski definition) is 6. The van der Waals surface area contributed by atoms with Crippen LogP contribution in [0.1, 0.15) is 0 Å². The first kappa shape index (κ1) is 18.4. The van der Waals surface area contributed by atoms with E-state index in [0.29, 0.717) is 22.8 Å². The molecule has 0 bridgehead atoms. The van der Waals surface area contributed by atoms with Gasteiger partial charge in [0.25, 0.3) is 0 Å². The summed E-state index contributed by atoms with van der Waals surface area (Å²) >= 11 is 0. The molecule has 0 saturated heterocycles. The number of halogens is 2. The van der Waals surface area contributed by atoms with E-state index in [1.54, 1.807) is 20.2 Å². The van der Waals surface area contributed by atoms with Gasteiger partial charge in [-0.1, -0.05) is 0 Å². The summed E-state index contributed by atoms with van der Waals surface area (Å²) in [7, 11) is 4.77. The van der Waals surface area contributed by atoms with Crippen LogP contribution in [-0.2, 0) is 0 Å². The molecule has 0 saturated carbocycles. The average Bonchev–Trinajstić information content (AvgIpc) is 2.69. The van der Waals surface area contributed by atoms with Crippen molar-refractivity contribution < 1.29 is 18.3 Å². The minimum atomic E-state index is -0.985. The third-order valence-electron chi connectivity index (χ3n) is 3.93. The normalized spacial score (nSPS) is 10.4. The Morgan fingerprint density at radius 2 is 1.63 bits per heavy atom. The number of rotatable bonds is 6. The Morgan fingerprint density at radius 3 is 2.33 bits per heavy atom. The minimum absolute atomic E-state index is 0.181.